The Bertz CT molecular complexity index is 1470. The molecule has 0 spiro atoms. The van der Waals surface area contributed by atoms with Crippen LogP contribution >= 0.6 is 0 Å². The second kappa shape index (κ2) is 11.2. The number of benzene rings is 4. The van der Waals surface area contributed by atoms with Gasteiger partial charge in [-0.05, 0) is 65.1 Å². The van der Waals surface area contributed by atoms with E-state index in [2.05, 4.69) is 64.2 Å². The van der Waals surface area contributed by atoms with Gasteiger partial charge in [0, 0.05) is 19.6 Å². The number of hydrogen-bond donors (Lipinski definition) is 1. The molecule has 0 aromatic heterocycles. The molecule has 0 aliphatic carbocycles. The largest absolute Gasteiger partial charge is 0.494 e. The summed E-state index contributed by atoms with van der Waals surface area (Å²) in [6.07, 6.45) is 1.97. The van der Waals surface area contributed by atoms with E-state index in [1.54, 1.807) is 18.2 Å². The molecule has 0 saturated carbocycles. The zero-order valence-corrected chi connectivity index (χ0v) is 21.4. The Labute approximate surface area is 217 Å². The highest BCUT2D eigenvalue weighted by atomic mass is 32.2. The lowest BCUT2D eigenvalue weighted by molar-refractivity contribution is -0.128. The number of amides is 1. The monoisotopic (exact) mass is 514 g/mol. The lowest BCUT2D eigenvalue weighted by atomic mass is 9.98. The SMILES string of the molecule is O=C(NS(=O)(=O)c1ccccc1)C1CN(Cc2ccc3cc(OCCCc4ccccc4)ccc3c2)C1. The standard InChI is InChI=1S/C30H30N2O4S/c33-30(31-37(34,35)29-11-5-2-6-12-29)27-21-32(22-27)20-24-13-14-26-19-28(16-15-25(26)18-24)36-17-7-10-23-8-3-1-4-9-23/h1-6,8-9,11-16,18-19,27H,7,10,17,20-22H2,(H,31,33). The van der Waals surface area contributed by atoms with Crippen LogP contribution < -0.4 is 9.46 Å². The number of sulfonamides is 1. The van der Waals surface area contributed by atoms with Gasteiger partial charge in [0.15, 0.2) is 0 Å². The van der Waals surface area contributed by atoms with Crippen LogP contribution in [0.5, 0.6) is 5.75 Å². The lowest BCUT2D eigenvalue weighted by Crippen LogP contribution is -2.53. The molecular formula is C30H30N2O4S. The van der Waals surface area contributed by atoms with E-state index in [-0.39, 0.29) is 10.8 Å². The number of ether oxygens (including phenoxy) is 1. The lowest BCUT2D eigenvalue weighted by Gasteiger charge is -2.38. The number of carbonyl (C=O) groups excluding carboxylic acids is 1. The summed E-state index contributed by atoms with van der Waals surface area (Å²) in [7, 11) is -3.83. The number of rotatable bonds is 10. The fraction of sp³-hybridized carbons (Fsp3) is 0.233. The number of likely N-dealkylation sites (tertiary alicyclic amines) is 1. The van der Waals surface area contributed by atoms with Gasteiger partial charge in [0.2, 0.25) is 5.91 Å². The maximum Gasteiger partial charge on any atom is 0.264 e. The molecule has 1 fully saturated rings. The highest BCUT2D eigenvalue weighted by Crippen LogP contribution is 2.25. The number of carbonyl (C=O) groups is 1. The van der Waals surface area contributed by atoms with Crippen molar-refractivity contribution in [3.8, 4) is 5.75 Å². The summed E-state index contributed by atoms with van der Waals surface area (Å²) < 4.78 is 32.9. The van der Waals surface area contributed by atoms with Gasteiger partial charge in [0.25, 0.3) is 10.0 Å². The van der Waals surface area contributed by atoms with Crippen molar-refractivity contribution in [1.29, 1.82) is 0 Å². The van der Waals surface area contributed by atoms with Crippen LogP contribution in [0.2, 0.25) is 0 Å². The predicted octanol–water partition coefficient (Wildman–Crippen LogP) is 4.79. The number of hydrogen-bond acceptors (Lipinski definition) is 5. The minimum Gasteiger partial charge on any atom is -0.494 e. The summed E-state index contributed by atoms with van der Waals surface area (Å²) in [6.45, 7) is 2.45. The molecule has 1 aliphatic heterocycles. The molecule has 190 valence electrons. The molecule has 5 rings (SSSR count). The fourth-order valence-corrected chi connectivity index (χ4v) is 5.63. The van der Waals surface area contributed by atoms with E-state index in [1.807, 2.05) is 12.1 Å². The van der Waals surface area contributed by atoms with Crippen LogP contribution in [-0.2, 0) is 27.8 Å². The summed E-state index contributed by atoms with van der Waals surface area (Å²) in [5, 5.41) is 2.26. The van der Waals surface area contributed by atoms with Crippen molar-refractivity contribution in [3.63, 3.8) is 0 Å². The Morgan fingerprint density at radius 1 is 0.838 bits per heavy atom. The predicted molar refractivity (Wildman–Crippen MR) is 145 cm³/mol. The van der Waals surface area contributed by atoms with Crippen LogP contribution in [-0.4, -0.2) is 38.9 Å². The molecule has 0 atom stereocenters. The first-order chi connectivity index (χ1) is 18.0. The molecule has 6 nitrogen and oxygen atoms in total. The second-order valence-electron chi connectivity index (χ2n) is 9.45. The quantitative estimate of drug-likeness (QED) is 0.308. The zero-order chi connectivity index (χ0) is 25.7. The highest BCUT2D eigenvalue weighted by molar-refractivity contribution is 7.90. The minimum absolute atomic E-state index is 0.0939. The van der Waals surface area contributed by atoms with Crippen molar-refractivity contribution >= 4 is 26.7 Å². The van der Waals surface area contributed by atoms with Crippen LogP contribution in [0.25, 0.3) is 10.8 Å². The normalized spacial score (nSPS) is 14.3. The molecule has 0 radical (unpaired) electrons. The van der Waals surface area contributed by atoms with Crippen LogP contribution in [0.15, 0.2) is 102 Å². The number of aryl methyl sites for hydroxylation is 1. The first-order valence-electron chi connectivity index (χ1n) is 12.5. The van der Waals surface area contributed by atoms with Crippen molar-refractivity contribution in [2.45, 2.75) is 24.3 Å². The molecule has 1 N–H and O–H groups in total. The van der Waals surface area contributed by atoms with Gasteiger partial charge in [-0.2, -0.15) is 0 Å². The summed E-state index contributed by atoms with van der Waals surface area (Å²) in [6, 6.07) is 30.9. The Hall–Kier alpha value is -3.68. The molecule has 37 heavy (non-hydrogen) atoms. The molecule has 0 unspecified atom stereocenters. The van der Waals surface area contributed by atoms with Crippen LogP contribution in [0.4, 0.5) is 0 Å². The minimum atomic E-state index is -3.83. The van der Waals surface area contributed by atoms with Crippen LogP contribution in [0.1, 0.15) is 17.5 Å². The van der Waals surface area contributed by atoms with E-state index in [0.29, 0.717) is 26.2 Å². The van der Waals surface area contributed by atoms with Crippen molar-refractivity contribution in [3.05, 3.63) is 108 Å². The average molecular weight is 515 g/mol. The molecule has 1 heterocycles. The van der Waals surface area contributed by atoms with Crippen molar-refractivity contribution in [2.75, 3.05) is 19.7 Å². The molecule has 1 saturated heterocycles. The molecule has 0 bridgehead atoms. The third-order valence-electron chi connectivity index (χ3n) is 6.62. The van der Waals surface area contributed by atoms with E-state index < -0.39 is 15.9 Å². The summed E-state index contributed by atoms with van der Waals surface area (Å²) >= 11 is 0. The molecule has 7 heteroatoms. The van der Waals surface area contributed by atoms with E-state index in [0.717, 1.165) is 34.9 Å². The summed E-state index contributed by atoms with van der Waals surface area (Å²) in [5.41, 5.74) is 2.48. The molecular weight excluding hydrogens is 484 g/mol. The molecule has 1 aliphatic rings. The highest BCUT2D eigenvalue weighted by Gasteiger charge is 2.34. The maximum atomic E-state index is 12.5. The van der Waals surface area contributed by atoms with E-state index >= 15 is 0 Å². The van der Waals surface area contributed by atoms with E-state index in [1.165, 1.54) is 17.7 Å². The first kappa shape index (κ1) is 25.0. The van der Waals surface area contributed by atoms with Gasteiger partial charge in [-0.15, -0.1) is 0 Å². The van der Waals surface area contributed by atoms with E-state index in [4.69, 9.17) is 4.74 Å². The van der Waals surface area contributed by atoms with Gasteiger partial charge in [-0.3, -0.25) is 9.69 Å². The topological polar surface area (TPSA) is 75.7 Å². The first-order valence-corrected chi connectivity index (χ1v) is 14.0. The van der Waals surface area contributed by atoms with Gasteiger partial charge in [0.05, 0.1) is 17.4 Å². The molecule has 4 aromatic rings. The third kappa shape index (κ3) is 6.37. The van der Waals surface area contributed by atoms with Crippen molar-refractivity contribution in [1.82, 2.24) is 9.62 Å². The van der Waals surface area contributed by atoms with Crippen LogP contribution in [0, 0.1) is 5.92 Å². The van der Waals surface area contributed by atoms with Gasteiger partial charge < -0.3 is 4.74 Å². The van der Waals surface area contributed by atoms with Crippen molar-refractivity contribution < 1.29 is 17.9 Å². The van der Waals surface area contributed by atoms with Gasteiger partial charge in [0.1, 0.15) is 5.75 Å². The fourth-order valence-electron chi connectivity index (χ4n) is 4.57. The maximum absolute atomic E-state index is 12.5. The number of nitrogens with zero attached hydrogens (tertiary/aromatic N) is 1. The molecule has 1 amide bonds. The van der Waals surface area contributed by atoms with Gasteiger partial charge >= 0.3 is 0 Å². The zero-order valence-electron chi connectivity index (χ0n) is 20.5. The van der Waals surface area contributed by atoms with E-state index in [9.17, 15) is 13.2 Å². The van der Waals surface area contributed by atoms with Gasteiger partial charge in [-0.1, -0.05) is 66.7 Å². The Morgan fingerprint density at radius 3 is 2.27 bits per heavy atom. The Kier molecular flexibility index (Phi) is 7.53. The van der Waals surface area contributed by atoms with Gasteiger partial charge in [-0.25, -0.2) is 13.1 Å². The summed E-state index contributed by atoms with van der Waals surface area (Å²) in [5.74, 6) is 0.0887. The summed E-state index contributed by atoms with van der Waals surface area (Å²) in [4.78, 5) is 14.7. The second-order valence-corrected chi connectivity index (χ2v) is 11.1. The average Bonchev–Trinajstić information content (AvgIpc) is 2.89. The third-order valence-corrected chi connectivity index (χ3v) is 7.98. The molecule has 4 aromatic carbocycles. The van der Waals surface area contributed by atoms with Crippen LogP contribution in [0.3, 0.4) is 0 Å². The number of fused-ring (bicyclic) bond motifs is 1. The van der Waals surface area contributed by atoms with Crippen molar-refractivity contribution in [2.24, 2.45) is 5.92 Å². The Balaban J connectivity index is 1.09. The number of nitrogens with one attached hydrogen (secondary N) is 1. The smallest absolute Gasteiger partial charge is 0.264 e. The Morgan fingerprint density at radius 2 is 1.51 bits per heavy atom.